The van der Waals surface area contributed by atoms with Gasteiger partial charge in [-0.15, -0.1) is 0 Å². The van der Waals surface area contributed by atoms with Crippen molar-refractivity contribution in [3.63, 3.8) is 0 Å². The van der Waals surface area contributed by atoms with Gasteiger partial charge in [0.15, 0.2) is 0 Å². The van der Waals surface area contributed by atoms with E-state index in [1.807, 2.05) is 24.3 Å². The van der Waals surface area contributed by atoms with Crippen LogP contribution in [0.15, 0.2) is 47.3 Å². The molecule has 1 aliphatic rings. The lowest BCUT2D eigenvalue weighted by molar-refractivity contribution is -0.117. The van der Waals surface area contributed by atoms with Gasteiger partial charge in [0.2, 0.25) is 5.91 Å². The molecule has 30 heavy (non-hydrogen) atoms. The molecule has 1 aliphatic heterocycles. The number of fused-ring (bicyclic) bond motifs is 1. The minimum Gasteiger partial charge on any atom is -0.325 e. The van der Waals surface area contributed by atoms with Gasteiger partial charge in [-0.05, 0) is 55.4 Å². The molecule has 4 rings (SSSR count). The second kappa shape index (κ2) is 8.95. The fourth-order valence-corrected chi connectivity index (χ4v) is 3.80. The number of anilines is 1. The van der Waals surface area contributed by atoms with Crippen molar-refractivity contribution in [2.75, 3.05) is 38.0 Å². The van der Waals surface area contributed by atoms with Gasteiger partial charge in [0, 0.05) is 25.3 Å². The molecular weight excluding hydrogens is 380 g/mol. The van der Waals surface area contributed by atoms with E-state index in [9.17, 15) is 9.59 Å². The molecule has 0 unspecified atom stereocenters. The van der Waals surface area contributed by atoms with Gasteiger partial charge in [-0.25, -0.2) is 4.79 Å². The standard InChI is InChI=1S/C22H24N6O2/c23-13-16-2-4-17(5-3-16)14-27-8-1-9-28(11-10-27)15-21(29)24-18-6-7-19-20(12-18)26-22(30)25-19/h2-7,12H,1,8-11,14-15H2,(H,24,29)(H2,25,26,30). The second-order valence-corrected chi connectivity index (χ2v) is 7.60. The van der Waals surface area contributed by atoms with Crippen molar-refractivity contribution in [2.24, 2.45) is 0 Å². The predicted molar refractivity (Wildman–Crippen MR) is 115 cm³/mol. The first-order valence-electron chi connectivity index (χ1n) is 10.0. The van der Waals surface area contributed by atoms with E-state index in [1.165, 1.54) is 5.56 Å². The number of aromatic amines is 2. The van der Waals surface area contributed by atoms with Gasteiger partial charge in [0.25, 0.3) is 0 Å². The first-order chi connectivity index (χ1) is 14.6. The molecule has 0 aliphatic carbocycles. The maximum atomic E-state index is 12.5. The third-order valence-corrected chi connectivity index (χ3v) is 5.34. The minimum atomic E-state index is -0.261. The number of amides is 1. The summed E-state index contributed by atoms with van der Waals surface area (Å²) in [6.45, 7) is 4.77. The molecule has 0 bridgehead atoms. The summed E-state index contributed by atoms with van der Waals surface area (Å²) in [7, 11) is 0. The van der Waals surface area contributed by atoms with E-state index in [1.54, 1.807) is 18.2 Å². The maximum Gasteiger partial charge on any atom is 0.323 e. The van der Waals surface area contributed by atoms with Gasteiger partial charge < -0.3 is 15.3 Å². The van der Waals surface area contributed by atoms with Gasteiger partial charge >= 0.3 is 5.69 Å². The first kappa shape index (κ1) is 19.9. The van der Waals surface area contributed by atoms with Crippen molar-refractivity contribution in [3.05, 3.63) is 64.1 Å². The highest BCUT2D eigenvalue weighted by Gasteiger charge is 2.17. The molecule has 0 radical (unpaired) electrons. The predicted octanol–water partition coefficient (Wildman–Crippen LogP) is 1.87. The van der Waals surface area contributed by atoms with E-state index >= 15 is 0 Å². The van der Waals surface area contributed by atoms with Crippen LogP contribution in [0.5, 0.6) is 0 Å². The molecule has 3 N–H and O–H groups in total. The highest BCUT2D eigenvalue weighted by Crippen LogP contribution is 2.15. The Kier molecular flexibility index (Phi) is 5.93. The highest BCUT2D eigenvalue weighted by atomic mass is 16.2. The molecule has 1 saturated heterocycles. The highest BCUT2D eigenvalue weighted by molar-refractivity contribution is 5.94. The zero-order valence-corrected chi connectivity index (χ0v) is 16.6. The van der Waals surface area contributed by atoms with E-state index in [0.29, 0.717) is 28.8 Å². The number of hydrogen-bond donors (Lipinski definition) is 3. The molecular formula is C22H24N6O2. The van der Waals surface area contributed by atoms with Crippen LogP contribution in [0, 0.1) is 11.3 Å². The molecule has 0 saturated carbocycles. The summed E-state index contributed by atoms with van der Waals surface area (Å²) >= 11 is 0. The fourth-order valence-electron chi connectivity index (χ4n) is 3.80. The van der Waals surface area contributed by atoms with Crippen LogP contribution in [-0.2, 0) is 11.3 Å². The lowest BCUT2D eigenvalue weighted by atomic mass is 10.1. The van der Waals surface area contributed by atoms with Gasteiger partial charge in [0.05, 0.1) is 29.2 Å². The number of nitriles is 1. The van der Waals surface area contributed by atoms with E-state index in [2.05, 4.69) is 31.2 Å². The summed E-state index contributed by atoms with van der Waals surface area (Å²) in [5, 5.41) is 11.8. The molecule has 8 heteroatoms. The third-order valence-electron chi connectivity index (χ3n) is 5.34. The summed E-state index contributed by atoms with van der Waals surface area (Å²) in [4.78, 5) is 33.8. The van der Waals surface area contributed by atoms with Crippen LogP contribution in [0.1, 0.15) is 17.5 Å². The maximum absolute atomic E-state index is 12.5. The summed E-state index contributed by atoms with van der Waals surface area (Å²) in [6, 6.07) is 15.2. The molecule has 154 valence electrons. The van der Waals surface area contributed by atoms with E-state index in [-0.39, 0.29) is 11.6 Å². The van der Waals surface area contributed by atoms with Crippen LogP contribution >= 0.6 is 0 Å². The van der Waals surface area contributed by atoms with Crippen LogP contribution in [0.4, 0.5) is 5.69 Å². The Morgan fingerprint density at radius 2 is 1.73 bits per heavy atom. The second-order valence-electron chi connectivity index (χ2n) is 7.60. The van der Waals surface area contributed by atoms with Crippen molar-refractivity contribution < 1.29 is 4.79 Å². The topological polar surface area (TPSA) is 108 Å². The number of rotatable bonds is 5. The number of carbonyl (C=O) groups is 1. The molecule has 0 atom stereocenters. The SMILES string of the molecule is N#Cc1ccc(CN2CCCN(CC(=O)Nc3ccc4[nH]c(=O)[nH]c4c3)CC2)cc1. The molecule has 2 heterocycles. The average molecular weight is 404 g/mol. The number of benzene rings is 2. The number of carbonyl (C=O) groups excluding carboxylic acids is 1. The molecule has 8 nitrogen and oxygen atoms in total. The van der Waals surface area contributed by atoms with E-state index in [0.717, 1.165) is 39.1 Å². The number of nitrogens with one attached hydrogen (secondary N) is 3. The first-order valence-corrected chi connectivity index (χ1v) is 10.0. The Bertz CT molecular complexity index is 1120. The molecule has 1 aromatic heterocycles. The van der Waals surface area contributed by atoms with Gasteiger partial charge in [-0.1, -0.05) is 12.1 Å². The number of H-pyrrole nitrogens is 2. The lowest BCUT2D eigenvalue weighted by Crippen LogP contribution is -2.36. The van der Waals surface area contributed by atoms with Crippen LogP contribution in [0.3, 0.4) is 0 Å². The van der Waals surface area contributed by atoms with Crippen LogP contribution in [0.25, 0.3) is 11.0 Å². The van der Waals surface area contributed by atoms with Crippen LogP contribution in [-0.4, -0.2) is 58.4 Å². The van der Waals surface area contributed by atoms with E-state index < -0.39 is 0 Å². The molecule has 3 aromatic rings. The molecule has 1 amide bonds. The van der Waals surface area contributed by atoms with Crippen LogP contribution < -0.4 is 11.0 Å². The average Bonchev–Trinajstić information content (AvgIpc) is 2.97. The smallest absolute Gasteiger partial charge is 0.323 e. The van der Waals surface area contributed by atoms with Gasteiger partial charge in [-0.2, -0.15) is 5.26 Å². The number of imidazole rings is 1. The quantitative estimate of drug-likeness (QED) is 0.602. The summed E-state index contributed by atoms with van der Waals surface area (Å²) in [5.41, 5.74) is 3.66. The molecule has 2 aromatic carbocycles. The Morgan fingerprint density at radius 3 is 2.53 bits per heavy atom. The number of aromatic nitrogens is 2. The summed E-state index contributed by atoms with van der Waals surface area (Å²) < 4.78 is 0. The largest absolute Gasteiger partial charge is 0.325 e. The van der Waals surface area contributed by atoms with Crippen molar-refractivity contribution in [1.82, 2.24) is 19.8 Å². The van der Waals surface area contributed by atoms with Crippen molar-refractivity contribution in [2.45, 2.75) is 13.0 Å². The van der Waals surface area contributed by atoms with E-state index in [4.69, 9.17) is 5.26 Å². The van der Waals surface area contributed by atoms with Gasteiger partial charge in [-0.3, -0.25) is 14.6 Å². The molecule has 0 spiro atoms. The Balaban J connectivity index is 1.28. The zero-order valence-electron chi connectivity index (χ0n) is 16.6. The van der Waals surface area contributed by atoms with Crippen LogP contribution in [0.2, 0.25) is 0 Å². The third kappa shape index (κ3) is 4.95. The number of hydrogen-bond acceptors (Lipinski definition) is 5. The fraction of sp³-hybridized carbons (Fsp3) is 0.318. The van der Waals surface area contributed by atoms with Gasteiger partial charge in [0.1, 0.15) is 0 Å². The van der Waals surface area contributed by atoms with Crippen molar-refractivity contribution in [1.29, 1.82) is 5.26 Å². The number of nitrogens with zero attached hydrogens (tertiary/aromatic N) is 3. The Hall–Kier alpha value is -3.41. The molecule has 1 fully saturated rings. The Labute approximate surface area is 174 Å². The van der Waals surface area contributed by atoms with Crippen molar-refractivity contribution in [3.8, 4) is 6.07 Å². The monoisotopic (exact) mass is 404 g/mol. The lowest BCUT2D eigenvalue weighted by Gasteiger charge is -2.21. The summed E-state index contributed by atoms with van der Waals surface area (Å²) in [6.07, 6.45) is 1.00. The van der Waals surface area contributed by atoms with Crippen molar-refractivity contribution >= 4 is 22.6 Å². The summed E-state index contributed by atoms with van der Waals surface area (Å²) in [5.74, 6) is -0.0622. The Morgan fingerprint density at radius 1 is 1.00 bits per heavy atom. The minimum absolute atomic E-state index is 0.0622. The zero-order chi connectivity index (χ0) is 20.9. The normalized spacial score (nSPS) is 15.6.